The largest absolute Gasteiger partial charge is 0.326 e. The van der Waals surface area contributed by atoms with Gasteiger partial charge in [-0.3, -0.25) is 9.48 Å². The van der Waals surface area contributed by atoms with Gasteiger partial charge >= 0.3 is 10.2 Å². The predicted molar refractivity (Wildman–Crippen MR) is 132 cm³/mol. The second-order valence-corrected chi connectivity index (χ2v) is 11.3. The van der Waals surface area contributed by atoms with E-state index in [-0.39, 0.29) is 19.0 Å². The second-order valence-electron chi connectivity index (χ2n) is 9.70. The van der Waals surface area contributed by atoms with Crippen molar-refractivity contribution in [3.63, 3.8) is 0 Å². The van der Waals surface area contributed by atoms with Gasteiger partial charge in [-0.25, -0.2) is 9.03 Å². The number of aromatic nitrogens is 2. The molecule has 1 fully saturated rings. The zero-order chi connectivity index (χ0) is 24.3. The lowest BCUT2D eigenvalue weighted by Gasteiger charge is -2.28. The molecule has 1 N–H and O–H groups in total. The van der Waals surface area contributed by atoms with Gasteiger partial charge in [-0.1, -0.05) is 45.9 Å². The highest BCUT2D eigenvalue weighted by atomic mass is 32.2. The molecule has 1 aromatic carbocycles. The lowest BCUT2D eigenvalue weighted by molar-refractivity contribution is -0.118. The van der Waals surface area contributed by atoms with Gasteiger partial charge in [0.15, 0.2) is 0 Å². The maximum absolute atomic E-state index is 13.3. The molecule has 1 atom stereocenters. The van der Waals surface area contributed by atoms with E-state index >= 15 is 0 Å². The molecule has 1 saturated heterocycles. The number of hydrogen-bond donors (Lipinski definition) is 1. The number of carbonyl (C=O) groups excluding carboxylic acids is 1. The number of nitrogens with one attached hydrogen (secondary N) is 1. The van der Waals surface area contributed by atoms with Crippen LogP contribution >= 0.6 is 0 Å². The Morgan fingerprint density at radius 3 is 2.27 bits per heavy atom. The van der Waals surface area contributed by atoms with E-state index in [2.05, 4.69) is 48.5 Å². The summed E-state index contributed by atoms with van der Waals surface area (Å²) in [5.41, 5.74) is 3.56. The minimum atomic E-state index is -4.09. The molecule has 9 heteroatoms. The highest BCUT2D eigenvalue weighted by molar-refractivity contribution is 7.91. The van der Waals surface area contributed by atoms with Gasteiger partial charge in [-0.2, -0.15) is 13.5 Å². The van der Waals surface area contributed by atoms with Crippen LogP contribution in [0.4, 0.5) is 5.69 Å². The van der Waals surface area contributed by atoms with Crippen LogP contribution < -0.4 is 9.03 Å². The fraction of sp³-hybridized carbons (Fsp3) is 0.583. The number of amides is 1. The van der Waals surface area contributed by atoms with Crippen LogP contribution in [0.15, 0.2) is 30.6 Å². The zero-order valence-electron chi connectivity index (χ0n) is 20.6. The minimum Gasteiger partial charge on any atom is -0.302 e. The summed E-state index contributed by atoms with van der Waals surface area (Å²) >= 11 is 0. The van der Waals surface area contributed by atoms with E-state index in [1.165, 1.54) is 10.5 Å². The van der Waals surface area contributed by atoms with E-state index < -0.39 is 16.1 Å². The molecule has 8 nitrogen and oxygen atoms in total. The molecule has 2 heterocycles. The standard InChI is InChI=1S/C24H37N5O3S/c1-17(2)20-10-19(11-21(13-20)18(3)4)12-24(30)26-33(31,32)29(23-14-25-28(6)15-23)16-22-8-7-9-27(22)5/h10-11,13-15,17-18,22H,7-9,12,16H2,1-6H3,(H,26,30)/t22-/m0/s1. The number of benzene rings is 1. The summed E-state index contributed by atoms with van der Waals surface area (Å²) in [6.07, 6.45) is 5.11. The highest BCUT2D eigenvalue weighted by Gasteiger charge is 2.31. The van der Waals surface area contributed by atoms with Crippen molar-refractivity contribution in [2.24, 2.45) is 7.05 Å². The molecule has 0 aliphatic carbocycles. The van der Waals surface area contributed by atoms with Crippen LogP contribution in [-0.4, -0.2) is 55.2 Å². The molecule has 0 spiro atoms. The second kappa shape index (κ2) is 10.3. The van der Waals surface area contributed by atoms with Crippen LogP contribution in [0, 0.1) is 0 Å². The smallest absolute Gasteiger partial charge is 0.302 e. The molecule has 33 heavy (non-hydrogen) atoms. The molecule has 0 unspecified atom stereocenters. The molecule has 0 saturated carbocycles. The number of nitrogens with zero attached hydrogens (tertiary/aromatic N) is 4. The maximum Gasteiger partial charge on any atom is 0.326 e. The van der Waals surface area contributed by atoms with E-state index in [9.17, 15) is 13.2 Å². The molecule has 1 aromatic heterocycles. The number of hydrogen-bond acceptors (Lipinski definition) is 5. The number of aryl methyl sites for hydroxylation is 1. The van der Waals surface area contributed by atoms with Gasteiger partial charge in [0.25, 0.3) is 0 Å². The number of anilines is 1. The van der Waals surface area contributed by atoms with Crippen molar-refractivity contribution in [1.82, 2.24) is 19.4 Å². The molecule has 2 aromatic rings. The summed E-state index contributed by atoms with van der Waals surface area (Å²) in [4.78, 5) is 15.0. The topological polar surface area (TPSA) is 87.5 Å². The molecule has 0 bridgehead atoms. The first-order valence-electron chi connectivity index (χ1n) is 11.6. The Bertz CT molecular complexity index is 1050. The Morgan fingerprint density at radius 2 is 1.79 bits per heavy atom. The van der Waals surface area contributed by atoms with Gasteiger partial charge in [0.2, 0.25) is 5.91 Å². The van der Waals surface area contributed by atoms with Crippen molar-refractivity contribution >= 4 is 21.8 Å². The van der Waals surface area contributed by atoms with Gasteiger partial charge in [0.1, 0.15) is 0 Å². The molecule has 182 valence electrons. The van der Waals surface area contributed by atoms with Crippen LogP contribution in [0.25, 0.3) is 0 Å². The number of likely N-dealkylation sites (tertiary alicyclic amines) is 1. The quantitative estimate of drug-likeness (QED) is 0.602. The molecule has 1 aliphatic heterocycles. The number of rotatable bonds is 9. The first kappa shape index (κ1) is 25.2. The summed E-state index contributed by atoms with van der Waals surface area (Å²) in [7, 11) is -0.354. The van der Waals surface area contributed by atoms with E-state index in [0.29, 0.717) is 17.5 Å². The van der Waals surface area contributed by atoms with Gasteiger partial charge in [0, 0.05) is 19.3 Å². The van der Waals surface area contributed by atoms with E-state index in [4.69, 9.17) is 0 Å². The summed E-state index contributed by atoms with van der Waals surface area (Å²) in [5, 5.41) is 4.13. The Labute approximate surface area is 198 Å². The first-order valence-corrected chi connectivity index (χ1v) is 13.1. The predicted octanol–water partition coefficient (Wildman–Crippen LogP) is 3.17. The van der Waals surface area contributed by atoms with Crippen molar-refractivity contribution in [1.29, 1.82) is 0 Å². The molecular weight excluding hydrogens is 438 g/mol. The fourth-order valence-electron chi connectivity index (χ4n) is 4.22. The van der Waals surface area contributed by atoms with Crippen molar-refractivity contribution in [2.45, 2.75) is 64.8 Å². The van der Waals surface area contributed by atoms with Gasteiger partial charge in [0.05, 0.1) is 24.8 Å². The lowest BCUT2D eigenvalue weighted by atomic mass is 9.92. The first-order chi connectivity index (χ1) is 15.5. The minimum absolute atomic E-state index is 0.00369. The van der Waals surface area contributed by atoms with Crippen molar-refractivity contribution in [2.75, 3.05) is 24.4 Å². The van der Waals surface area contributed by atoms with Crippen LogP contribution in [0.2, 0.25) is 0 Å². The number of likely N-dealkylation sites (N-methyl/N-ethyl adjacent to an activating group) is 1. The Morgan fingerprint density at radius 1 is 1.15 bits per heavy atom. The lowest BCUT2D eigenvalue weighted by Crippen LogP contribution is -2.48. The molecule has 3 rings (SSSR count). The van der Waals surface area contributed by atoms with Crippen LogP contribution in [0.5, 0.6) is 0 Å². The Kier molecular flexibility index (Phi) is 7.84. The third-order valence-electron chi connectivity index (χ3n) is 6.30. The summed E-state index contributed by atoms with van der Waals surface area (Å²) in [6, 6.07) is 6.24. The fourth-order valence-corrected chi connectivity index (χ4v) is 5.43. The van der Waals surface area contributed by atoms with Gasteiger partial charge in [-0.15, -0.1) is 0 Å². The van der Waals surface area contributed by atoms with E-state index in [0.717, 1.165) is 36.1 Å². The van der Waals surface area contributed by atoms with Crippen LogP contribution in [0.1, 0.15) is 69.1 Å². The molecule has 1 amide bonds. The summed E-state index contributed by atoms with van der Waals surface area (Å²) in [6.45, 7) is 9.64. The van der Waals surface area contributed by atoms with Gasteiger partial charge in [-0.05, 0) is 55.0 Å². The van der Waals surface area contributed by atoms with Crippen molar-refractivity contribution < 1.29 is 13.2 Å². The summed E-state index contributed by atoms with van der Waals surface area (Å²) in [5.74, 6) is 0.0942. The monoisotopic (exact) mass is 475 g/mol. The third kappa shape index (κ3) is 6.35. The Hall–Kier alpha value is -2.39. The summed E-state index contributed by atoms with van der Waals surface area (Å²) < 4.78 is 31.8. The van der Waals surface area contributed by atoms with Crippen LogP contribution in [0.3, 0.4) is 0 Å². The van der Waals surface area contributed by atoms with Gasteiger partial charge < -0.3 is 4.90 Å². The third-order valence-corrected chi connectivity index (χ3v) is 7.72. The zero-order valence-corrected chi connectivity index (χ0v) is 21.4. The van der Waals surface area contributed by atoms with Crippen molar-refractivity contribution in [3.8, 4) is 0 Å². The maximum atomic E-state index is 13.3. The highest BCUT2D eigenvalue weighted by Crippen LogP contribution is 2.25. The normalized spacial score (nSPS) is 17.2. The number of carbonyl (C=O) groups is 1. The SMILES string of the molecule is CC(C)c1cc(CC(=O)NS(=O)(=O)N(C[C@@H]2CCCN2C)c2cnn(C)c2)cc(C(C)C)c1. The Balaban J connectivity index is 1.81. The van der Waals surface area contributed by atoms with E-state index in [1.807, 2.05) is 19.2 Å². The van der Waals surface area contributed by atoms with E-state index in [1.54, 1.807) is 17.9 Å². The molecule has 1 aliphatic rings. The van der Waals surface area contributed by atoms with Crippen LogP contribution in [-0.2, 0) is 28.5 Å². The molecule has 0 radical (unpaired) electrons. The average molecular weight is 476 g/mol. The molecular formula is C24H37N5O3S. The van der Waals surface area contributed by atoms with Crippen molar-refractivity contribution in [3.05, 3.63) is 47.3 Å². The average Bonchev–Trinajstić information content (AvgIpc) is 3.32.